The maximum atomic E-state index is 12.2. The Hall–Kier alpha value is -1.32. The van der Waals surface area contributed by atoms with Crippen molar-refractivity contribution in [1.82, 2.24) is 14.9 Å². The van der Waals surface area contributed by atoms with Gasteiger partial charge in [-0.3, -0.25) is 4.79 Å². The molecule has 1 aromatic heterocycles. The Morgan fingerprint density at radius 3 is 2.78 bits per heavy atom. The molecule has 0 radical (unpaired) electrons. The van der Waals surface area contributed by atoms with Crippen LogP contribution in [0.25, 0.3) is 0 Å². The quantitative estimate of drug-likeness (QED) is 0.832. The molecule has 1 aliphatic heterocycles. The number of H-pyrrole nitrogens is 1. The minimum Gasteiger partial charge on any atom is -0.341 e. The highest BCUT2D eigenvalue weighted by Crippen LogP contribution is 2.34. The lowest BCUT2D eigenvalue weighted by molar-refractivity contribution is 0.0744. The van der Waals surface area contributed by atoms with E-state index >= 15 is 0 Å². The van der Waals surface area contributed by atoms with E-state index in [4.69, 9.17) is 0 Å². The number of nitrogens with one attached hydrogen (secondary N) is 1. The molecule has 1 fully saturated rings. The van der Waals surface area contributed by atoms with Crippen LogP contribution >= 0.6 is 0 Å². The van der Waals surface area contributed by atoms with Crippen molar-refractivity contribution in [3.8, 4) is 0 Å². The number of nitrogens with zero attached hydrogens (tertiary/aromatic N) is 2. The Morgan fingerprint density at radius 1 is 1.39 bits per heavy atom. The summed E-state index contributed by atoms with van der Waals surface area (Å²) >= 11 is 0. The molecule has 4 heteroatoms. The number of aromatic nitrogens is 2. The van der Waals surface area contributed by atoms with E-state index in [1.165, 1.54) is 6.42 Å². The zero-order valence-corrected chi connectivity index (χ0v) is 11.6. The summed E-state index contributed by atoms with van der Waals surface area (Å²) < 4.78 is 0. The van der Waals surface area contributed by atoms with E-state index in [0.717, 1.165) is 25.9 Å². The second-order valence-corrected chi connectivity index (χ2v) is 6.22. The van der Waals surface area contributed by atoms with Crippen LogP contribution in [0.3, 0.4) is 0 Å². The molecule has 4 nitrogen and oxygen atoms in total. The molecule has 1 saturated heterocycles. The van der Waals surface area contributed by atoms with E-state index in [1.807, 2.05) is 4.90 Å². The summed E-state index contributed by atoms with van der Waals surface area (Å²) in [6.07, 6.45) is 6.72. The summed E-state index contributed by atoms with van der Waals surface area (Å²) in [6.45, 7) is 8.58. The highest BCUT2D eigenvalue weighted by Gasteiger charge is 2.29. The van der Waals surface area contributed by atoms with Crippen LogP contribution in [0.2, 0.25) is 0 Å². The lowest BCUT2D eigenvalue weighted by Crippen LogP contribution is -2.33. The summed E-state index contributed by atoms with van der Waals surface area (Å²) in [7, 11) is 0. The molecular formula is C14H23N3O. The van der Waals surface area contributed by atoms with Gasteiger partial charge in [0.2, 0.25) is 0 Å². The average Bonchev–Trinajstić information content (AvgIpc) is 2.70. The van der Waals surface area contributed by atoms with Gasteiger partial charge in [0, 0.05) is 25.5 Å². The number of carbonyl (C=O) groups is 1. The van der Waals surface area contributed by atoms with Gasteiger partial charge in [-0.2, -0.15) is 0 Å². The summed E-state index contributed by atoms with van der Waals surface area (Å²) in [5.74, 6) is 1.20. The smallest absolute Gasteiger partial charge is 0.289 e. The third-order valence-corrected chi connectivity index (χ3v) is 3.94. The third kappa shape index (κ3) is 2.92. The van der Waals surface area contributed by atoms with Gasteiger partial charge in [-0.25, -0.2) is 4.98 Å². The first kappa shape index (κ1) is 13.1. The molecule has 2 rings (SSSR count). The van der Waals surface area contributed by atoms with Crippen LogP contribution in [0.4, 0.5) is 0 Å². The molecule has 0 unspecified atom stereocenters. The van der Waals surface area contributed by atoms with Crippen molar-refractivity contribution in [3.05, 3.63) is 18.2 Å². The largest absolute Gasteiger partial charge is 0.341 e. The van der Waals surface area contributed by atoms with Crippen LogP contribution in [0.1, 0.15) is 50.7 Å². The van der Waals surface area contributed by atoms with E-state index in [1.54, 1.807) is 12.4 Å². The average molecular weight is 249 g/mol. The number of aromatic amines is 1. The molecule has 1 atom stereocenters. The SMILES string of the molecule is CC(C)(C)[C@H]1CCCN(C(=O)c2ncc[nH]2)CC1. The summed E-state index contributed by atoms with van der Waals surface area (Å²) in [5.41, 5.74) is 0.337. The minimum absolute atomic E-state index is 0.0366. The predicted molar refractivity (Wildman–Crippen MR) is 71.3 cm³/mol. The fourth-order valence-electron chi connectivity index (χ4n) is 2.70. The van der Waals surface area contributed by atoms with Crippen molar-refractivity contribution in [3.63, 3.8) is 0 Å². The molecule has 0 bridgehead atoms. The second-order valence-electron chi connectivity index (χ2n) is 6.22. The van der Waals surface area contributed by atoms with Crippen LogP contribution in [0.15, 0.2) is 12.4 Å². The van der Waals surface area contributed by atoms with Gasteiger partial charge < -0.3 is 9.88 Å². The number of likely N-dealkylation sites (tertiary alicyclic amines) is 1. The van der Waals surface area contributed by atoms with Gasteiger partial charge in [0.05, 0.1) is 0 Å². The Kier molecular flexibility index (Phi) is 3.73. The first-order valence-electron chi connectivity index (χ1n) is 6.77. The molecule has 1 aliphatic rings. The number of imidazole rings is 1. The highest BCUT2D eigenvalue weighted by molar-refractivity contribution is 5.90. The third-order valence-electron chi connectivity index (χ3n) is 3.94. The Labute approximate surface area is 109 Å². The second kappa shape index (κ2) is 5.12. The van der Waals surface area contributed by atoms with Gasteiger partial charge in [0.1, 0.15) is 0 Å². The molecule has 18 heavy (non-hydrogen) atoms. The number of carbonyl (C=O) groups excluding carboxylic acids is 1. The summed E-state index contributed by atoms with van der Waals surface area (Å²) in [6, 6.07) is 0. The lowest BCUT2D eigenvalue weighted by Gasteiger charge is -2.29. The van der Waals surface area contributed by atoms with E-state index in [9.17, 15) is 4.79 Å². The number of amides is 1. The van der Waals surface area contributed by atoms with Crippen molar-refractivity contribution in [1.29, 1.82) is 0 Å². The van der Waals surface area contributed by atoms with Gasteiger partial charge in [0.15, 0.2) is 5.82 Å². The first-order valence-corrected chi connectivity index (χ1v) is 6.77. The zero-order valence-electron chi connectivity index (χ0n) is 11.6. The normalized spacial score (nSPS) is 21.7. The number of rotatable bonds is 1. The topological polar surface area (TPSA) is 49.0 Å². The summed E-state index contributed by atoms with van der Waals surface area (Å²) in [4.78, 5) is 21.1. The van der Waals surface area contributed by atoms with Gasteiger partial charge in [-0.05, 0) is 30.6 Å². The molecule has 1 amide bonds. The zero-order chi connectivity index (χ0) is 13.2. The molecule has 2 heterocycles. The van der Waals surface area contributed by atoms with Crippen LogP contribution in [-0.4, -0.2) is 33.9 Å². The first-order chi connectivity index (χ1) is 8.48. The van der Waals surface area contributed by atoms with Crippen molar-refractivity contribution in [2.75, 3.05) is 13.1 Å². The lowest BCUT2D eigenvalue weighted by atomic mass is 9.77. The van der Waals surface area contributed by atoms with E-state index in [2.05, 4.69) is 30.7 Å². The van der Waals surface area contributed by atoms with Gasteiger partial charge in [-0.15, -0.1) is 0 Å². The van der Waals surface area contributed by atoms with Gasteiger partial charge >= 0.3 is 0 Å². The maximum Gasteiger partial charge on any atom is 0.289 e. The molecule has 1 aromatic rings. The van der Waals surface area contributed by atoms with Crippen LogP contribution in [0, 0.1) is 11.3 Å². The molecule has 0 aromatic carbocycles. The monoisotopic (exact) mass is 249 g/mol. The molecule has 0 aliphatic carbocycles. The van der Waals surface area contributed by atoms with Crippen LogP contribution in [0.5, 0.6) is 0 Å². The molecule has 1 N–H and O–H groups in total. The van der Waals surface area contributed by atoms with Gasteiger partial charge in [0.25, 0.3) is 5.91 Å². The van der Waals surface area contributed by atoms with Crippen LogP contribution in [-0.2, 0) is 0 Å². The van der Waals surface area contributed by atoms with E-state index in [-0.39, 0.29) is 5.91 Å². The standard InChI is InChI=1S/C14H23N3O/c1-14(2,3)11-5-4-9-17(10-6-11)13(18)12-15-7-8-16-12/h7-8,11H,4-6,9-10H2,1-3H3,(H,15,16)/t11-/m0/s1. The van der Waals surface area contributed by atoms with E-state index < -0.39 is 0 Å². The van der Waals surface area contributed by atoms with Crippen molar-refractivity contribution in [2.45, 2.75) is 40.0 Å². The number of hydrogen-bond acceptors (Lipinski definition) is 2. The van der Waals surface area contributed by atoms with Crippen molar-refractivity contribution in [2.24, 2.45) is 11.3 Å². The molecule has 100 valence electrons. The predicted octanol–water partition coefficient (Wildman–Crippen LogP) is 2.70. The fraction of sp³-hybridized carbons (Fsp3) is 0.714. The van der Waals surface area contributed by atoms with Crippen molar-refractivity contribution < 1.29 is 4.79 Å². The highest BCUT2D eigenvalue weighted by atomic mass is 16.2. The number of hydrogen-bond donors (Lipinski definition) is 1. The summed E-state index contributed by atoms with van der Waals surface area (Å²) in [5, 5.41) is 0. The van der Waals surface area contributed by atoms with Gasteiger partial charge in [-0.1, -0.05) is 20.8 Å². The maximum absolute atomic E-state index is 12.2. The molecule has 0 spiro atoms. The van der Waals surface area contributed by atoms with Crippen LogP contribution < -0.4 is 0 Å². The Balaban J connectivity index is 1.99. The minimum atomic E-state index is 0.0366. The van der Waals surface area contributed by atoms with Crippen molar-refractivity contribution >= 4 is 5.91 Å². The van der Waals surface area contributed by atoms with E-state index in [0.29, 0.717) is 17.2 Å². The Bertz CT molecular complexity index is 392. The molecular weight excluding hydrogens is 226 g/mol. The Morgan fingerprint density at radius 2 is 2.17 bits per heavy atom. The molecule has 0 saturated carbocycles. The fourth-order valence-corrected chi connectivity index (χ4v) is 2.70.